The molecule has 6 nitrogen and oxygen atoms in total. The highest BCUT2D eigenvalue weighted by Gasteiger charge is 2.13. The molecule has 7 heteroatoms. The van der Waals surface area contributed by atoms with Crippen molar-refractivity contribution in [2.75, 3.05) is 18.5 Å². The van der Waals surface area contributed by atoms with Crippen molar-refractivity contribution in [1.29, 1.82) is 0 Å². The van der Waals surface area contributed by atoms with Crippen LogP contribution in [0.1, 0.15) is 19.5 Å². The van der Waals surface area contributed by atoms with Crippen LogP contribution in [0.4, 0.5) is 11.4 Å². The Morgan fingerprint density at radius 1 is 0.964 bits per heavy atom. The number of nitrogens with one attached hydrogen (secondary N) is 2. The van der Waals surface area contributed by atoms with E-state index in [1.54, 1.807) is 6.33 Å². The summed E-state index contributed by atoms with van der Waals surface area (Å²) in [6.07, 6.45) is 1.59. The largest absolute Gasteiger partial charge is 0.494 e. The molecule has 0 bridgehead atoms. The number of imidazole rings is 1. The van der Waals surface area contributed by atoms with Crippen LogP contribution >= 0.6 is 12.4 Å². The lowest BCUT2D eigenvalue weighted by Crippen LogP contribution is -2.01. The van der Waals surface area contributed by atoms with Crippen LogP contribution in [0.3, 0.4) is 0 Å². The fourth-order valence-corrected chi connectivity index (χ4v) is 3.27. The lowest BCUT2D eigenvalue weighted by molar-refractivity contribution is 0.332. The molecular formula is C21H23ClN4O2. The average Bonchev–Trinajstić information content (AvgIpc) is 3.12. The minimum atomic E-state index is 0. The highest BCUT2D eigenvalue weighted by Crippen LogP contribution is 2.36. The van der Waals surface area contributed by atoms with Crippen LogP contribution in [0, 0.1) is 6.92 Å². The highest BCUT2D eigenvalue weighted by atomic mass is 35.5. The van der Waals surface area contributed by atoms with E-state index in [0.717, 1.165) is 50.5 Å². The molecule has 0 aliphatic heterocycles. The fourth-order valence-electron chi connectivity index (χ4n) is 3.27. The Kier molecular flexibility index (Phi) is 5.90. The number of hydrogen-bond donors (Lipinski definition) is 2. The lowest BCUT2D eigenvalue weighted by Gasteiger charge is -2.16. The third kappa shape index (κ3) is 3.68. The number of aromatic nitrogens is 3. The molecule has 0 fully saturated rings. The van der Waals surface area contributed by atoms with Gasteiger partial charge in [-0.3, -0.25) is 0 Å². The normalized spacial score (nSPS) is 10.7. The van der Waals surface area contributed by atoms with Gasteiger partial charge in [0, 0.05) is 22.7 Å². The van der Waals surface area contributed by atoms with Crippen LogP contribution in [0.5, 0.6) is 11.5 Å². The molecule has 4 rings (SSSR count). The minimum absolute atomic E-state index is 0. The van der Waals surface area contributed by atoms with Crippen LogP contribution in [-0.4, -0.2) is 28.2 Å². The van der Waals surface area contributed by atoms with Gasteiger partial charge in [-0.05, 0) is 51.1 Å². The van der Waals surface area contributed by atoms with Crippen molar-refractivity contribution in [1.82, 2.24) is 15.0 Å². The number of anilines is 2. The summed E-state index contributed by atoms with van der Waals surface area (Å²) < 4.78 is 11.5. The van der Waals surface area contributed by atoms with Gasteiger partial charge < -0.3 is 19.8 Å². The van der Waals surface area contributed by atoms with E-state index in [1.165, 1.54) is 0 Å². The third-order valence-electron chi connectivity index (χ3n) is 4.33. The molecule has 0 saturated heterocycles. The molecule has 146 valence electrons. The predicted octanol–water partition coefficient (Wildman–Crippen LogP) is 5.38. The Hall–Kier alpha value is -2.99. The first-order valence-corrected chi connectivity index (χ1v) is 9.09. The van der Waals surface area contributed by atoms with Crippen molar-refractivity contribution < 1.29 is 9.47 Å². The van der Waals surface area contributed by atoms with Gasteiger partial charge in [0.05, 0.1) is 30.1 Å². The molecule has 2 aromatic carbocycles. The zero-order chi connectivity index (χ0) is 18.8. The van der Waals surface area contributed by atoms with Crippen molar-refractivity contribution in [2.45, 2.75) is 20.8 Å². The zero-order valence-electron chi connectivity index (χ0n) is 16.1. The van der Waals surface area contributed by atoms with Gasteiger partial charge in [-0.15, -0.1) is 12.4 Å². The minimum Gasteiger partial charge on any atom is -0.494 e. The summed E-state index contributed by atoms with van der Waals surface area (Å²) in [5.41, 5.74) is 5.58. The van der Waals surface area contributed by atoms with Gasteiger partial charge in [-0.1, -0.05) is 0 Å². The number of benzene rings is 2. The molecule has 0 spiro atoms. The third-order valence-corrected chi connectivity index (χ3v) is 4.33. The van der Waals surface area contributed by atoms with Gasteiger partial charge in [-0.2, -0.15) is 0 Å². The van der Waals surface area contributed by atoms with E-state index in [9.17, 15) is 0 Å². The molecule has 0 unspecified atom stereocenters. The molecular weight excluding hydrogens is 376 g/mol. The molecule has 2 aromatic heterocycles. The Morgan fingerprint density at radius 2 is 1.79 bits per heavy atom. The van der Waals surface area contributed by atoms with Crippen LogP contribution in [0.2, 0.25) is 0 Å². The molecule has 0 saturated carbocycles. The van der Waals surface area contributed by atoms with E-state index < -0.39 is 0 Å². The summed E-state index contributed by atoms with van der Waals surface area (Å²) in [5, 5.41) is 4.53. The summed E-state index contributed by atoms with van der Waals surface area (Å²) in [6.45, 7) is 7.17. The van der Waals surface area contributed by atoms with E-state index >= 15 is 0 Å². The van der Waals surface area contributed by atoms with Crippen LogP contribution in [-0.2, 0) is 0 Å². The number of rotatable bonds is 6. The number of ether oxygens (including phenoxy) is 2. The monoisotopic (exact) mass is 398 g/mol. The number of H-pyrrole nitrogens is 1. The second-order valence-corrected chi connectivity index (χ2v) is 6.24. The Labute approximate surface area is 169 Å². The molecule has 28 heavy (non-hydrogen) atoms. The van der Waals surface area contributed by atoms with Gasteiger partial charge in [0.15, 0.2) is 0 Å². The number of aromatic amines is 1. The Morgan fingerprint density at radius 3 is 2.57 bits per heavy atom. The molecule has 2 heterocycles. The van der Waals surface area contributed by atoms with E-state index in [1.807, 2.05) is 51.1 Å². The highest BCUT2D eigenvalue weighted by molar-refractivity contribution is 6.10. The number of halogens is 1. The zero-order valence-corrected chi connectivity index (χ0v) is 16.9. The van der Waals surface area contributed by atoms with Gasteiger partial charge in [0.1, 0.15) is 23.3 Å². The summed E-state index contributed by atoms with van der Waals surface area (Å²) in [7, 11) is 0. The maximum atomic E-state index is 5.80. The predicted molar refractivity (Wildman–Crippen MR) is 115 cm³/mol. The summed E-state index contributed by atoms with van der Waals surface area (Å²) in [6, 6.07) is 11.9. The quantitative estimate of drug-likeness (QED) is 0.456. The van der Waals surface area contributed by atoms with Crippen molar-refractivity contribution in [3.05, 3.63) is 48.4 Å². The van der Waals surface area contributed by atoms with Crippen molar-refractivity contribution in [3.8, 4) is 11.5 Å². The second-order valence-electron chi connectivity index (χ2n) is 6.24. The number of hydrogen-bond acceptors (Lipinski definition) is 5. The first-order chi connectivity index (χ1) is 13.2. The maximum Gasteiger partial charge on any atom is 0.142 e. The Bertz CT molecular complexity index is 1110. The molecule has 0 radical (unpaired) electrons. The Balaban J connectivity index is 0.00000225. The standard InChI is InChI=1S/C21H22N4O2.ClH/c1-4-26-14-6-9-19(27-5-2)17(11-14)25-18-10-13(3)24-15-7-8-16-21(20(15)18)23-12-22-16;/h6-12,24-25H,4-5H2,1-3H3;1H. The van der Waals surface area contributed by atoms with E-state index in [0.29, 0.717) is 13.2 Å². The van der Waals surface area contributed by atoms with Crippen LogP contribution < -0.4 is 14.8 Å². The maximum absolute atomic E-state index is 5.80. The van der Waals surface area contributed by atoms with Crippen LogP contribution in [0.15, 0.2) is 42.7 Å². The summed E-state index contributed by atoms with van der Waals surface area (Å²) in [5.74, 6) is 1.57. The van der Waals surface area contributed by atoms with Crippen LogP contribution in [0.25, 0.3) is 21.9 Å². The number of aryl methyl sites for hydroxylation is 1. The molecule has 0 aliphatic rings. The topological polar surface area (TPSA) is 72.1 Å². The van der Waals surface area contributed by atoms with Gasteiger partial charge in [-0.25, -0.2) is 9.97 Å². The number of nitrogens with zero attached hydrogens (tertiary/aromatic N) is 2. The van der Waals surface area contributed by atoms with Crippen molar-refractivity contribution in [2.24, 2.45) is 0 Å². The number of pyridine rings is 1. The lowest BCUT2D eigenvalue weighted by atomic mass is 10.1. The molecule has 0 aliphatic carbocycles. The summed E-state index contributed by atoms with van der Waals surface area (Å²) in [4.78, 5) is 12.2. The summed E-state index contributed by atoms with van der Waals surface area (Å²) >= 11 is 0. The van der Waals surface area contributed by atoms with E-state index in [4.69, 9.17) is 9.47 Å². The average molecular weight is 399 g/mol. The molecule has 0 amide bonds. The van der Waals surface area contributed by atoms with Gasteiger partial charge in [0.2, 0.25) is 0 Å². The fraction of sp³-hybridized carbons (Fsp3) is 0.238. The second kappa shape index (κ2) is 8.35. The first kappa shape index (κ1) is 19.8. The van der Waals surface area contributed by atoms with E-state index in [-0.39, 0.29) is 12.4 Å². The van der Waals surface area contributed by atoms with Gasteiger partial charge >= 0.3 is 0 Å². The number of fused-ring (bicyclic) bond motifs is 3. The van der Waals surface area contributed by atoms with Gasteiger partial charge in [0.25, 0.3) is 0 Å². The van der Waals surface area contributed by atoms with E-state index in [2.05, 4.69) is 26.3 Å². The SMILES string of the molecule is CCOc1ccc(OCC)c(Nc2cc(C)[nH]c3ccc4ncnc4c23)c1.Cl. The smallest absolute Gasteiger partial charge is 0.142 e. The molecule has 4 aromatic rings. The first-order valence-electron chi connectivity index (χ1n) is 9.09. The van der Waals surface area contributed by atoms with Crippen molar-refractivity contribution >= 4 is 45.7 Å². The molecule has 2 N–H and O–H groups in total. The molecule has 0 atom stereocenters. The van der Waals surface area contributed by atoms with Crippen molar-refractivity contribution in [3.63, 3.8) is 0 Å².